The Balaban J connectivity index is 1.44. The maximum Gasteiger partial charge on any atom is 0.279 e. The summed E-state index contributed by atoms with van der Waals surface area (Å²) in [7, 11) is 0. The Kier molecular flexibility index (Phi) is 6.32. The van der Waals surface area contributed by atoms with E-state index in [0.29, 0.717) is 22.3 Å². The minimum absolute atomic E-state index is 0.00858. The van der Waals surface area contributed by atoms with Crippen LogP contribution in [0.5, 0.6) is 0 Å². The molecule has 1 aliphatic rings. The predicted molar refractivity (Wildman–Crippen MR) is 101 cm³/mol. The van der Waals surface area contributed by atoms with Gasteiger partial charge in [0.1, 0.15) is 32.7 Å². The predicted octanol–water partition coefficient (Wildman–Crippen LogP) is 0.916. The number of anilines is 1. The summed E-state index contributed by atoms with van der Waals surface area (Å²) < 4.78 is 0. The third-order valence-electron chi connectivity index (χ3n) is 4.58. The van der Waals surface area contributed by atoms with Crippen LogP contribution >= 0.6 is 23.2 Å². The topological polar surface area (TPSA) is 38.0 Å². The molecule has 0 atom stereocenters. The summed E-state index contributed by atoms with van der Waals surface area (Å²) in [6, 6.07) is 15.7. The molecule has 1 amide bonds. The van der Waals surface area contributed by atoms with Crippen molar-refractivity contribution in [1.29, 1.82) is 0 Å². The van der Waals surface area contributed by atoms with Crippen LogP contribution in [0.2, 0.25) is 10.0 Å². The van der Waals surface area contributed by atoms with E-state index in [1.165, 1.54) is 10.5 Å². The van der Waals surface area contributed by atoms with Gasteiger partial charge in [-0.1, -0.05) is 53.5 Å². The lowest BCUT2D eigenvalue weighted by atomic mass is 10.2. The van der Waals surface area contributed by atoms with Crippen LogP contribution in [-0.2, 0) is 11.3 Å². The molecule has 6 heteroatoms. The fourth-order valence-corrected chi connectivity index (χ4v) is 3.66. The Labute approximate surface area is 158 Å². The van der Waals surface area contributed by atoms with Crippen LogP contribution in [0.3, 0.4) is 0 Å². The molecule has 3 rings (SSSR count). The molecular formula is C19H23Cl2N3O+2. The minimum atomic E-state index is -0.00858. The Hall–Kier alpha value is -1.59. The van der Waals surface area contributed by atoms with Crippen LogP contribution in [0.4, 0.5) is 5.69 Å². The van der Waals surface area contributed by atoms with E-state index >= 15 is 0 Å². The van der Waals surface area contributed by atoms with E-state index in [-0.39, 0.29) is 5.91 Å². The molecule has 0 saturated carbocycles. The quantitative estimate of drug-likeness (QED) is 0.709. The molecule has 25 heavy (non-hydrogen) atoms. The van der Waals surface area contributed by atoms with Gasteiger partial charge in [0.2, 0.25) is 0 Å². The van der Waals surface area contributed by atoms with E-state index in [1.54, 1.807) is 23.1 Å². The van der Waals surface area contributed by atoms with Gasteiger partial charge in [-0.15, -0.1) is 0 Å². The number of carbonyl (C=O) groups excluding carboxylic acids is 1. The van der Waals surface area contributed by atoms with Gasteiger partial charge in [-0.25, -0.2) is 0 Å². The number of halogens is 2. The van der Waals surface area contributed by atoms with Gasteiger partial charge in [-0.2, -0.15) is 0 Å². The molecule has 0 aromatic heterocycles. The highest BCUT2D eigenvalue weighted by Crippen LogP contribution is 2.25. The Morgan fingerprint density at radius 1 is 0.960 bits per heavy atom. The largest absolute Gasteiger partial charge is 0.322 e. The first-order chi connectivity index (χ1) is 12.1. The molecule has 2 aromatic rings. The van der Waals surface area contributed by atoms with Crippen molar-refractivity contribution in [3.8, 4) is 0 Å². The van der Waals surface area contributed by atoms with Crippen molar-refractivity contribution in [3.63, 3.8) is 0 Å². The van der Waals surface area contributed by atoms with E-state index in [0.717, 1.165) is 32.7 Å². The normalized spacial score (nSPS) is 20.2. The zero-order valence-electron chi connectivity index (χ0n) is 14.0. The Morgan fingerprint density at radius 3 is 2.32 bits per heavy atom. The van der Waals surface area contributed by atoms with Crippen molar-refractivity contribution in [2.75, 3.05) is 38.0 Å². The Bertz CT molecular complexity index is 716. The molecule has 3 N–H and O–H groups in total. The van der Waals surface area contributed by atoms with Gasteiger partial charge < -0.3 is 15.1 Å². The van der Waals surface area contributed by atoms with Crippen LogP contribution in [0.25, 0.3) is 0 Å². The van der Waals surface area contributed by atoms with Crippen molar-refractivity contribution in [1.82, 2.24) is 0 Å². The lowest BCUT2D eigenvalue weighted by Crippen LogP contribution is -3.28. The van der Waals surface area contributed by atoms with Crippen LogP contribution in [0.1, 0.15) is 5.56 Å². The number of carbonyl (C=O) groups is 1. The van der Waals surface area contributed by atoms with E-state index in [4.69, 9.17) is 23.2 Å². The first-order valence-electron chi connectivity index (χ1n) is 8.56. The van der Waals surface area contributed by atoms with Crippen molar-refractivity contribution >= 4 is 34.8 Å². The molecule has 4 nitrogen and oxygen atoms in total. The zero-order valence-corrected chi connectivity index (χ0v) is 15.5. The summed E-state index contributed by atoms with van der Waals surface area (Å²) >= 11 is 12.0. The molecular weight excluding hydrogens is 357 g/mol. The van der Waals surface area contributed by atoms with E-state index < -0.39 is 0 Å². The molecule has 0 spiro atoms. The molecule has 132 valence electrons. The monoisotopic (exact) mass is 379 g/mol. The fraction of sp³-hybridized carbons (Fsp3) is 0.316. The highest BCUT2D eigenvalue weighted by Gasteiger charge is 2.25. The van der Waals surface area contributed by atoms with Gasteiger partial charge in [0.25, 0.3) is 5.91 Å². The summed E-state index contributed by atoms with van der Waals surface area (Å²) in [4.78, 5) is 15.2. The lowest BCUT2D eigenvalue weighted by molar-refractivity contribution is -1.02. The van der Waals surface area contributed by atoms with Crippen LogP contribution in [-0.4, -0.2) is 38.6 Å². The third kappa shape index (κ3) is 5.44. The molecule has 0 aliphatic carbocycles. The van der Waals surface area contributed by atoms with Crippen molar-refractivity contribution < 1.29 is 14.6 Å². The molecule has 0 radical (unpaired) electrons. The summed E-state index contributed by atoms with van der Waals surface area (Å²) in [5.41, 5.74) is 1.99. The maximum atomic E-state index is 12.3. The number of hydrogen-bond donors (Lipinski definition) is 3. The van der Waals surface area contributed by atoms with Gasteiger partial charge >= 0.3 is 0 Å². The number of benzene rings is 2. The summed E-state index contributed by atoms with van der Waals surface area (Å²) in [5, 5.41) is 3.91. The standard InChI is InChI=1S/C19H21Cl2N3O/c20-16-6-7-18(17(21)12-16)22-19(25)14-24-10-8-23(9-11-24)13-15-4-2-1-3-5-15/h1-7,12H,8-11,13-14H2,(H,22,25)/p+2. The second-order valence-electron chi connectivity index (χ2n) is 6.51. The van der Waals surface area contributed by atoms with Crippen molar-refractivity contribution in [2.45, 2.75) is 6.54 Å². The third-order valence-corrected chi connectivity index (χ3v) is 5.12. The second kappa shape index (κ2) is 8.68. The second-order valence-corrected chi connectivity index (χ2v) is 7.36. The fourth-order valence-electron chi connectivity index (χ4n) is 3.21. The lowest BCUT2D eigenvalue weighted by Gasteiger charge is -2.29. The number of piperazine rings is 1. The first kappa shape index (κ1) is 18.2. The smallest absolute Gasteiger partial charge is 0.279 e. The van der Waals surface area contributed by atoms with E-state index in [9.17, 15) is 4.79 Å². The summed E-state index contributed by atoms with van der Waals surface area (Å²) in [6.07, 6.45) is 0. The van der Waals surface area contributed by atoms with Crippen molar-refractivity contribution in [2.24, 2.45) is 0 Å². The Morgan fingerprint density at radius 2 is 1.64 bits per heavy atom. The van der Waals surface area contributed by atoms with E-state index in [1.807, 2.05) is 6.07 Å². The average Bonchev–Trinajstić information content (AvgIpc) is 2.60. The van der Waals surface area contributed by atoms with Crippen LogP contribution in [0, 0.1) is 0 Å². The first-order valence-corrected chi connectivity index (χ1v) is 9.32. The maximum absolute atomic E-state index is 12.3. The highest BCUT2D eigenvalue weighted by atomic mass is 35.5. The molecule has 1 fully saturated rings. The molecule has 0 unspecified atom stereocenters. The number of amides is 1. The van der Waals surface area contributed by atoms with Gasteiger partial charge in [-0.05, 0) is 18.2 Å². The molecule has 1 heterocycles. The molecule has 1 saturated heterocycles. The summed E-state index contributed by atoms with van der Waals surface area (Å²) in [6.45, 7) is 5.70. The molecule has 2 aromatic carbocycles. The molecule has 0 bridgehead atoms. The number of nitrogens with one attached hydrogen (secondary N) is 3. The van der Waals surface area contributed by atoms with E-state index in [2.05, 4.69) is 29.6 Å². The number of rotatable bonds is 5. The van der Waals surface area contributed by atoms with Crippen LogP contribution in [0.15, 0.2) is 48.5 Å². The van der Waals surface area contributed by atoms with Crippen LogP contribution < -0.4 is 15.1 Å². The summed E-state index contributed by atoms with van der Waals surface area (Å²) in [5.74, 6) is -0.00858. The van der Waals surface area contributed by atoms with Gasteiger partial charge in [0.15, 0.2) is 6.54 Å². The minimum Gasteiger partial charge on any atom is -0.322 e. The SMILES string of the molecule is O=C(C[NH+]1CC[NH+](Cc2ccccc2)CC1)Nc1ccc(Cl)cc1Cl. The number of quaternary nitrogens is 2. The highest BCUT2D eigenvalue weighted by molar-refractivity contribution is 6.36. The van der Waals surface area contributed by atoms with Gasteiger partial charge in [-0.3, -0.25) is 4.79 Å². The van der Waals surface area contributed by atoms with Crippen molar-refractivity contribution in [3.05, 3.63) is 64.1 Å². The van der Waals surface area contributed by atoms with Gasteiger partial charge in [0.05, 0.1) is 10.7 Å². The van der Waals surface area contributed by atoms with Gasteiger partial charge in [0, 0.05) is 10.6 Å². The number of hydrogen-bond acceptors (Lipinski definition) is 1. The zero-order chi connectivity index (χ0) is 17.6. The average molecular weight is 380 g/mol. The molecule has 1 aliphatic heterocycles.